The van der Waals surface area contributed by atoms with Crippen LogP contribution in [0.25, 0.3) is 0 Å². The maximum atomic E-state index is 12.7. The third-order valence-corrected chi connectivity index (χ3v) is 2.82. The average Bonchev–Trinajstić information content (AvgIpc) is 1.82. The highest BCUT2D eigenvalue weighted by molar-refractivity contribution is 8.13. The Hall–Kier alpha value is -0.390. The molecule has 1 rings (SSSR count). The summed E-state index contributed by atoms with van der Waals surface area (Å²) in [6, 6.07) is 0. The van der Waals surface area contributed by atoms with Gasteiger partial charge < -0.3 is 0 Å². The lowest BCUT2D eigenvalue weighted by Gasteiger charge is -1.98. The summed E-state index contributed by atoms with van der Waals surface area (Å²) in [6.45, 7) is 0. The summed E-state index contributed by atoms with van der Waals surface area (Å²) in [5.41, 5.74) is 0. The van der Waals surface area contributed by atoms with Crippen LogP contribution in [0.5, 0.6) is 0 Å². The predicted molar refractivity (Wildman–Crippen MR) is 42.2 cm³/mol. The van der Waals surface area contributed by atoms with Gasteiger partial charge in [-0.1, -0.05) is 11.6 Å². The van der Waals surface area contributed by atoms with Gasteiger partial charge >= 0.3 is 0 Å². The van der Waals surface area contributed by atoms with Crippen molar-refractivity contribution in [1.29, 1.82) is 0 Å². The molecule has 0 N–H and O–H groups in total. The van der Waals surface area contributed by atoms with Gasteiger partial charge in [0.25, 0.3) is 9.05 Å². The van der Waals surface area contributed by atoms with Crippen molar-refractivity contribution in [3.05, 3.63) is 23.2 Å². The Morgan fingerprint density at radius 3 is 2.33 bits per heavy atom. The van der Waals surface area contributed by atoms with Crippen LogP contribution < -0.4 is 0 Å². The number of nitrogens with zero attached hydrogens (tertiary/aromatic N) is 1. The first kappa shape index (κ1) is 9.70. The molecule has 0 bridgehead atoms. The molecule has 0 saturated carbocycles. The van der Waals surface area contributed by atoms with Crippen molar-refractivity contribution in [2.75, 3.05) is 0 Å². The van der Waals surface area contributed by atoms with Gasteiger partial charge in [0.05, 0.1) is 11.2 Å². The van der Waals surface area contributed by atoms with Crippen molar-refractivity contribution >= 4 is 31.3 Å². The van der Waals surface area contributed by atoms with E-state index in [0.29, 0.717) is 0 Å². The van der Waals surface area contributed by atoms with E-state index in [4.69, 9.17) is 22.3 Å². The molecular weight excluding hydrogens is 228 g/mol. The number of aromatic nitrogens is 1. The van der Waals surface area contributed by atoms with Crippen LogP contribution in [0.3, 0.4) is 0 Å². The smallest absolute Gasteiger partial charge is 0.260 e. The van der Waals surface area contributed by atoms with Gasteiger partial charge in [0.1, 0.15) is 4.90 Å². The minimum absolute atomic E-state index is 0.329. The van der Waals surface area contributed by atoms with Crippen molar-refractivity contribution in [3.8, 4) is 0 Å². The number of pyridine rings is 1. The van der Waals surface area contributed by atoms with Gasteiger partial charge in [0.15, 0.2) is 5.82 Å². The molecule has 7 heteroatoms. The van der Waals surface area contributed by atoms with Crippen LogP contribution in [0.4, 0.5) is 4.39 Å². The Morgan fingerprint density at radius 1 is 1.42 bits per heavy atom. The molecule has 3 nitrogen and oxygen atoms in total. The van der Waals surface area contributed by atoms with Gasteiger partial charge in [0, 0.05) is 16.9 Å². The molecule has 0 spiro atoms. The molecule has 0 fully saturated rings. The van der Waals surface area contributed by atoms with Gasteiger partial charge in [-0.15, -0.1) is 0 Å². The summed E-state index contributed by atoms with van der Waals surface area (Å²) in [6.07, 6.45) is 1.72. The lowest BCUT2D eigenvalue weighted by molar-refractivity contribution is 0.571. The average molecular weight is 230 g/mol. The highest BCUT2D eigenvalue weighted by Crippen LogP contribution is 2.25. The van der Waals surface area contributed by atoms with E-state index < -0.39 is 19.8 Å². The molecule has 0 amide bonds. The van der Waals surface area contributed by atoms with Crippen molar-refractivity contribution in [1.82, 2.24) is 4.98 Å². The zero-order chi connectivity index (χ0) is 9.35. The first-order valence-electron chi connectivity index (χ1n) is 2.66. The van der Waals surface area contributed by atoms with Crippen LogP contribution >= 0.6 is 22.3 Å². The summed E-state index contributed by atoms with van der Waals surface area (Å²) in [7, 11) is 0.750. The maximum Gasteiger partial charge on any atom is 0.265 e. The second-order valence-corrected chi connectivity index (χ2v) is 4.78. The van der Waals surface area contributed by atoms with Crippen LogP contribution in [-0.4, -0.2) is 13.4 Å². The second-order valence-electron chi connectivity index (χ2n) is 1.87. The fourth-order valence-corrected chi connectivity index (χ4v) is 2.24. The number of halogens is 3. The quantitative estimate of drug-likeness (QED) is 0.691. The normalized spacial score (nSPS) is 11.6. The Labute approximate surface area is 77.6 Å². The Bertz CT molecular complexity index is 386. The lowest BCUT2D eigenvalue weighted by Crippen LogP contribution is -1.97. The van der Waals surface area contributed by atoms with Gasteiger partial charge in [-0.25, -0.2) is 12.8 Å². The summed E-state index contributed by atoms with van der Waals surface area (Å²) in [4.78, 5) is 2.59. The first-order chi connectivity index (χ1) is 5.43. The molecule has 0 aliphatic heterocycles. The Kier molecular flexibility index (Phi) is 2.55. The summed E-state index contributed by atoms with van der Waals surface area (Å²) in [5, 5.41) is -0.329. The molecule has 0 atom stereocenters. The topological polar surface area (TPSA) is 47.0 Å². The van der Waals surface area contributed by atoms with Gasteiger partial charge in [-0.3, -0.25) is 4.98 Å². The summed E-state index contributed by atoms with van der Waals surface area (Å²) < 4.78 is 34.1. The molecule has 0 saturated heterocycles. The lowest BCUT2D eigenvalue weighted by atomic mass is 10.5. The standard InChI is InChI=1S/C5H2Cl2FNO2S/c6-3-1-9-2-4(8)5(3)12(7,10)11/h1-2H. The number of hydrogen-bond donors (Lipinski definition) is 0. The number of hydrogen-bond acceptors (Lipinski definition) is 3. The fraction of sp³-hybridized carbons (Fsp3) is 0. The first-order valence-corrected chi connectivity index (χ1v) is 5.35. The van der Waals surface area contributed by atoms with Crippen LogP contribution in [-0.2, 0) is 9.05 Å². The summed E-state index contributed by atoms with van der Waals surface area (Å²) in [5.74, 6) is -1.06. The molecule has 1 aromatic rings. The van der Waals surface area contributed by atoms with E-state index in [-0.39, 0.29) is 5.02 Å². The zero-order valence-electron chi connectivity index (χ0n) is 5.46. The zero-order valence-corrected chi connectivity index (χ0v) is 7.79. The highest BCUT2D eigenvalue weighted by Gasteiger charge is 2.20. The predicted octanol–water partition coefficient (Wildman–Crippen LogP) is 1.80. The van der Waals surface area contributed by atoms with E-state index in [2.05, 4.69) is 4.98 Å². The van der Waals surface area contributed by atoms with Crippen LogP contribution in [0.15, 0.2) is 17.3 Å². The van der Waals surface area contributed by atoms with E-state index in [0.717, 1.165) is 12.4 Å². The molecular formula is C5H2Cl2FNO2S. The van der Waals surface area contributed by atoms with Crippen LogP contribution in [0.1, 0.15) is 0 Å². The summed E-state index contributed by atoms with van der Waals surface area (Å²) >= 11 is 5.35. The van der Waals surface area contributed by atoms with E-state index in [1.807, 2.05) is 0 Å². The Morgan fingerprint density at radius 2 is 2.00 bits per heavy atom. The molecule has 12 heavy (non-hydrogen) atoms. The van der Waals surface area contributed by atoms with Crippen LogP contribution in [0, 0.1) is 5.82 Å². The Balaban J connectivity index is 3.53. The monoisotopic (exact) mass is 229 g/mol. The van der Waals surface area contributed by atoms with Crippen molar-refractivity contribution in [3.63, 3.8) is 0 Å². The molecule has 1 heterocycles. The highest BCUT2D eigenvalue weighted by atomic mass is 35.7. The van der Waals surface area contributed by atoms with E-state index in [9.17, 15) is 12.8 Å². The van der Waals surface area contributed by atoms with Gasteiger partial charge in [-0.05, 0) is 0 Å². The largest absolute Gasteiger partial charge is 0.265 e. The van der Waals surface area contributed by atoms with Crippen LogP contribution in [0.2, 0.25) is 5.02 Å². The van der Waals surface area contributed by atoms with E-state index in [1.165, 1.54) is 0 Å². The fourth-order valence-electron chi connectivity index (χ4n) is 0.632. The SMILES string of the molecule is O=S(=O)(Cl)c1c(F)cncc1Cl. The minimum atomic E-state index is -4.14. The molecule has 0 radical (unpaired) electrons. The van der Waals surface area contributed by atoms with Crippen molar-refractivity contribution in [2.24, 2.45) is 0 Å². The van der Waals surface area contributed by atoms with Crippen molar-refractivity contribution < 1.29 is 12.8 Å². The molecule has 0 aromatic carbocycles. The molecule has 1 aromatic heterocycles. The third kappa shape index (κ3) is 1.85. The molecule has 0 unspecified atom stereocenters. The molecule has 66 valence electrons. The second kappa shape index (κ2) is 3.16. The van der Waals surface area contributed by atoms with Gasteiger partial charge in [0.2, 0.25) is 0 Å². The van der Waals surface area contributed by atoms with E-state index in [1.54, 1.807) is 0 Å². The molecule has 0 aliphatic rings. The maximum absolute atomic E-state index is 12.7. The number of rotatable bonds is 1. The van der Waals surface area contributed by atoms with E-state index >= 15 is 0 Å². The minimum Gasteiger partial charge on any atom is -0.260 e. The van der Waals surface area contributed by atoms with Gasteiger partial charge in [-0.2, -0.15) is 0 Å². The third-order valence-electron chi connectivity index (χ3n) is 1.05. The molecule has 0 aliphatic carbocycles. The van der Waals surface area contributed by atoms with Crippen molar-refractivity contribution in [2.45, 2.75) is 4.90 Å².